The molecule has 0 atom stereocenters. The Bertz CT molecular complexity index is 607. The van der Waals surface area contributed by atoms with Crippen LogP contribution in [0, 0.1) is 6.92 Å². The topological polar surface area (TPSA) is 61.0 Å². The molecule has 0 unspecified atom stereocenters. The predicted octanol–water partition coefficient (Wildman–Crippen LogP) is 4.23. The predicted molar refractivity (Wildman–Crippen MR) is 75.4 cm³/mol. The van der Waals surface area contributed by atoms with Crippen LogP contribution < -0.4 is 10.5 Å². The van der Waals surface area contributed by atoms with Crippen molar-refractivity contribution in [2.24, 2.45) is 0 Å². The maximum absolute atomic E-state index is 5.84. The van der Waals surface area contributed by atoms with E-state index < -0.39 is 0 Å². The summed E-state index contributed by atoms with van der Waals surface area (Å²) in [6.45, 7) is 1.73. The molecular formula is C11H8BrCl2N3O. The van der Waals surface area contributed by atoms with E-state index in [0.717, 1.165) is 0 Å². The standard InChI is InChI=1S/C11H8BrCl2N3O/c1-5-9(15)10(17-11(14)16-5)18-8-3-2-6(13)4-7(8)12/h2-4H,15H2,1H3. The van der Waals surface area contributed by atoms with Gasteiger partial charge in [0.2, 0.25) is 11.2 Å². The first-order chi connectivity index (χ1) is 8.47. The van der Waals surface area contributed by atoms with Gasteiger partial charge in [0.05, 0.1) is 10.2 Å². The highest BCUT2D eigenvalue weighted by atomic mass is 79.9. The van der Waals surface area contributed by atoms with Crippen molar-refractivity contribution in [3.63, 3.8) is 0 Å². The van der Waals surface area contributed by atoms with Crippen molar-refractivity contribution in [3.05, 3.63) is 38.7 Å². The minimum absolute atomic E-state index is 0.0850. The summed E-state index contributed by atoms with van der Waals surface area (Å²) in [5.74, 6) is 0.760. The second kappa shape index (κ2) is 5.30. The smallest absolute Gasteiger partial charge is 0.247 e. The summed E-state index contributed by atoms with van der Waals surface area (Å²) in [4.78, 5) is 7.87. The van der Waals surface area contributed by atoms with Gasteiger partial charge in [0.1, 0.15) is 11.4 Å². The first kappa shape index (κ1) is 13.4. The van der Waals surface area contributed by atoms with E-state index in [4.69, 9.17) is 33.7 Å². The molecule has 0 fully saturated rings. The van der Waals surface area contributed by atoms with Gasteiger partial charge in [0.25, 0.3) is 0 Å². The van der Waals surface area contributed by atoms with E-state index >= 15 is 0 Å². The largest absolute Gasteiger partial charge is 0.436 e. The molecule has 0 aliphatic carbocycles. The van der Waals surface area contributed by atoms with Crippen LogP contribution in [0.2, 0.25) is 10.3 Å². The molecule has 1 aromatic carbocycles. The number of rotatable bonds is 2. The highest BCUT2D eigenvalue weighted by Gasteiger charge is 2.12. The molecular weight excluding hydrogens is 341 g/mol. The van der Waals surface area contributed by atoms with Crippen LogP contribution in [0.25, 0.3) is 0 Å². The van der Waals surface area contributed by atoms with Crippen molar-refractivity contribution < 1.29 is 4.74 Å². The van der Waals surface area contributed by atoms with Crippen LogP contribution in [0.15, 0.2) is 22.7 Å². The van der Waals surface area contributed by atoms with Gasteiger partial charge in [-0.25, -0.2) is 4.98 Å². The monoisotopic (exact) mass is 347 g/mol. The van der Waals surface area contributed by atoms with Gasteiger partial charge in [-0.15, -0.1) is 0 Å². The van der Waals surface area contributed by atoms with Gasteiger partial charge in [-0.05, 0) is 52.7 Å². The molecule has 94 valence electrons. The van der Waals surface area contributed by atoms with Crippen LogP contribution in [0.5, 0.6) is 11.6 Å². The van der Waals surface area contributed by atoms with Gasteiger partial charge in [0, 0.05) is 5.02 Å². The van der Waals surface area contributed by atoms with E-state index in [2.05, 4.69) is 25.9 Å². The number of ether oxygens (including phenoxy) is 1. The molecule has 4 nitrogen and oxygen atoms in total. The lowest BCUT2D eigenvalue weighted by Gasteiger charge is -2.10. The van der Waals surface area contributed by atoms with E-state index in [0.29, 0.717) is 26.6 Å². The fourth-order valence-corrected chi connectivity index (χ4v) is 2.23. The molecule has 2 aromatic rings. The Hall–Kier alpha value is -1.04. The van der Waals surface area contributed by atoms with E-state index in [1.807, 2.05) is 0 Å². The van der Waals surface area contributed by atoms with Crippen molar-refractivity contribution in [2.45, 2.75) is 6.92 Å². The van der Waals surface area contributed by atoms with Crippen molar-refractivity contribution in [3.8, 4) is 11.6 Å². The third-order valence-electron chi connectivity index (χ3n) is 2.17. The summed E-state index contributed by atoms with van der Waals surface area (Å²) >= 11 is 14.9. The number of nitrogens with two attached hydrogens (primary N) is 1. The Morgan fingerprint density at radius 3 is 2.67 bits per heavy atom. The minimum atomic E-state index is 0.0850. The normalized spacial score (nSPS) is 10.4. The molecule has 0 spiro atoms. The first-order valence-electron chi connectivity index (χ1n) is 4.90. The number of nitrogen functional groups attached to an aromatic ring is 1. The number of anilines is 1. The van der Waals surface area contributed by atoms with Gasteiger partial charge in [-0.2, -0.15) is 4.98 Å². The zero-order valence-corrected chi connectivity index (χ0v) is 12.3. The van der Waals surface area contributed by atoms with E-state index in [-0.39, 0.29) is 11.2 Å². The molecule has 0 radical (unpaired) electrons. The van der Waals surface area contributed by atoms with E-state index in [1.54, 1.807) is 25.1 Å². The average Bonchev–Trinajstić information content (AvgIpc) is 2.29. The highest BCUT2D eigenvalue weighted by molar-refractivity contribution is 9.10. The maximum Gasteiger partial charge on any atom is 0.247 e. The van der Waals surface area contributed by atoms with Gasteiger partial charge in [0.15, 0.2) is 0 Å². The van der Waals surface area contributed by atoms with Crippen molar-refractivity contribution in [1.82, 2.24) is 9.97 Å². The Morgan fingerprint density at radius 1 is 1.28 bits per heavy atom. The van der Waals surface area contributed by atoms with Crippen LogP contribution in [0.4, 0.5) is 5.69 Å². The number of halogens is 3. The van der Waals surface area contributed by atoms with Gasteiger partial charge < -0.3 is 10.5 Å². The molecule has 1 heterocycles. The second-order valence-corrected chi connectivity index (χ2v) is 5.10. The molecule has 0 aliphatic heterocycles. The summed E-state index contributed by atoms with van der Waals surface area (Å²) in [5.41, 5.74) is 6.74. The summed E-state index contributed by atoms with van der Waals surface area (Å²) < 4.78 is 6.29. The van der Waals surface area contributed by atoms with E-state index in [9.17, 15) is 0 Å². The Kier molecular flexibility index (Phi) is 3.94. The van der Waals surface area contributed by atoms with Gasteiger partial charge >= 0.3 is 0 Å². The van der Waals surface area contributed by atoms with Crippen LogP contribution in [0.3, 0.4) is 0 Å². The maximum atomic E-state index is 5.84. The quantitative estimate of drug-likeness (QED) is 0.825. The SMILES string of the molecule is Cc1nc(Cl)nc(Oc2ccc(Cl)cc2Br)c1N. The van der Waals surface area contributed by atoms with Crippen molar-refractivity contribution >= 4 is 44.8 Å². The highest BCUT2D eigenvalue weighted by Crippen LogP contribution is 2.34. The van der Waals surface area contributed by atoms with Gasteiger partial charge in [-0.3, -0.25) is 0 Å². The number of aromatic nitrogens is 2. The fraction of sp³-hybridized carbons (Fsp3) is 0.0909. The lowest BCUT2D eigenvalue weighted by Crippen LogP contribution is -2.01. The fourth-order valence-electron chi connectivity index (χ4n) is 1.26. The summed E-state index contributed by atoms with van der Waals surface area (Å²) in [6.07, 6.45) is 0. The molecule has 0 saturated heterocycles. The number of benzene rings is 1. The molecule has 0 aliphatic rings. The molecule has 0 saturated carbocycles. The minimum Gasteiger partial charge on any atom is -0.436 e. The molecule has 0 amide bonds. The van der Waals surface area contributed by atoms with Crippen molar-refractivity contribution in [2.75, 3.05) is 5.73 Å². The van der Waals surface area contributed by atoms with Gasteiger partial charge in [-0.1, -0.05) is 11.6 Å². The third-order valence-corrected chi connectivity index (χ3v) is 3.20. The van der Waals surface area contributed by atoms with Crippen LogP contribution in [-0.4, -0.2) is 9.97 Å². The number of hydrogen-bond donors (Lipinski definition) is 1. The molecule has 18 heavy (non-hydrogen) atoms. The summed E-state index contributed by atoms with van der Waals surface area (Å²) in [7, 11) is 0. The Morgan fingerprint density at radius 2 is 2.00 bits per heavy atom. The summed E-state index contributed by atoms with van der Waals surface area (Å²) in [5, 5.41) is 0.681. The lowest BCUT2D eigenvalue weighted by molar-refractivity contribution is 0.461. The molecule has 1 aromatic heterocycles. The van der Waals surface area contributed by atoms with Crippen LogP contribution >= 0.6 is 39.1 Å². The zero-order chi connectivity index (χ0) is 13.3. The van der Waals surface area contributed by atoms with Crippen molar-refractivity contribution in [1.29, 1.82) is 0 Å². The number of nitrogens with zero attached hydrogens (tertiary/aromatic N) is 2. The first-order valence-corrected chi connectivity index (χ1v) is 6.45. The van der Waals surface area contributed by atoms with Crippen LogP contribution in [-0.2, 0) is 0 Å². The third kappa shape index (κ3) is 2.85. The molecule has 2 rings (SSSR count). The Labute approximate surface area is 122 Å². The number of aryl methyl sites for hydroxylation is 1. The summed E-state index contributed by atoms with van der Waals surface area (Å²) in [6, 6.07) is 5.12. The Balaban J connectivity index is 2.40. The zero-order valence-electron chi connectivity index (χ0n) is 9.25. The molecule has 0 bridgehead atoms. The second-order valence-electron chi connectivity index (χ2n) is 3.47. The molecule has 7 heteroatoms. The van der Waals surface area contributed by atoms with Crippen LogP contribution in [0.1, 0.15) is 5.69 Å². The lowest BCUT2D eigenvalue weighted by atomic mass is 10.3. The number of hydrogen-bond acceptors (Lipinski definition) is 4. The molecule has 2 N–H and O–H groups in total. The average molecular weight is 349 g/mol. The van der Waals surface area contributed by atoms with E-state index in [1.165, 1.54) is 0 Å².